The molecular formula is C12H8O2Y2-4. The van der Waals surface area contributed by atoms with Crippen molar-refractivity contribution in [2.75, 3.05) is 0 Å². The van der Waals surface area contributed by atoms with E-state index in [1.807, 2.05) is 0 Å². The summed E-state index contributed by atoms with van der Waals surface area (Å²) in [6, 6.07) is 6.14. The molecule has 0 aliphatic heterocycles. The van der Waals surface area contributed by atoms with E-state index in [1.165, 1.54) is 24.7 Å². The van der Waals surface area contributed by atoms with E-state index in [2.05, 4.69) is 16.7 Å². The van der Waals surface area contributed by atoms with Gasteiger partial charge in [-0.2, -0.15) is 11.8 Å². The molecule has 0 atom stereocenters. The van der Waals surface area contributed by atoms with Crippen LogP contribution in [0.25, 0.3) is 12.2 Å². The number of hydrogen-bond acceptors (Lipinski definition) is 2. The van der Waals surface area contributed by atoms with E-state index in [4.69, 9.17) is 17.6 Å². The molecule has 0 unspecified atom stereocenters. The fraction of sp³-hybridized carbons (Fsp3) is 0. The number of furan rings is 2. The second kappa shape index (κ2) is 11.7. The van der Waals surface area contributed by atoms with Gasteiger partial charge in [-0.05, 0) is 12.5 Å². The van der Waals surface area contributed by atoms with Crippen LogP contribution in [0.1, 0.15) is 11.3 Å². The van der Waals surface area contributed by atoms with E-state index in [0.717, 1.165) is 5.56 Å². The largest absolute Gasteiger partial charge is 0.633 e. The fourth-order valence-corrected chi connectivity index (χ4v) is 0.678. The molecule has 2 nitrogen and oxygen atoms in total. The summed E-state index contributed by atoms with van der Waals surface area (Å²) in [6.45, 7) is 10.1. The predicted molar refractivity (Wildman–Crippen MR) is 52.6 cm³/mol. The maximum Gasteiger partial charge on any atom is 0 e. The molecule has 0 spiro atoms. The average molecular weight is 362 g/mol. The number of rotatable bonds is 2. The summed E-state index contributed by atoms with van der Waals surface area (Å²) in [7, 11) is 0. The zero-order chi connectivity index (χ0) is 10.2. The zero-order valence-electron chi connectivity index (χ0n) is 8.59. The SMILES string of the molecule is [CH-]=Cc1[c-]cco1.[CH-]=Cc1[c-]occ1.[Y].[Y]. The predicted octanol–water partition coefficient (Wildman–Crippen LogP) is 3.05. The van der Waals surface area contributed by atoms with Crippen LogP contribution in [0.5, 0.6) is 0 Å². The molecule has 16 heavy (non-hydrogen) atoms. The Labute approximate surface area is 146 Å². The Hall–Kier alpha value is 0.248. The van der Waals surface area contributed by atoms with Crippen LogP contribution in [-0.2, 0) is 65.4 Å². The molecule has 0 aliphatic carbocycles. The molecule has 2 rings (SSSR count). The molecule has 4 heteroatoms. The third-order valence-electron chi connectivity index (χ3n) is 1.31. The molecule has 2 aromatic rings. The molecular weight excluding hydrogens is 354 g/mol. The van der Waals surface area contributed by atoms with Crippen molar-refractivity contribution in [2.24, 2.45) is 0 Å². The Morgan fingerprint density at radius 1 is 1.12 bits per heavy atom. The zero-order valence-corrected chi connectivity index (χ0v) is 14.3. The summed E-state index contributed by atoms with van der Waals surface area (Å²) in [5, 5.41) is 0. The monoisotopic (exact) mass is 362 g/mol. The molecule has 78 valence electrons. The van der Waals surface area contributed by atoms with E-state index in [9.17, 15) is 0 Å². The van der Waals surface area contributed by atoms with Gasteiger partial charge in [0.05, 0.1) is 0 Å². The van der Waals surface area contributed by atoms with Crippen molar-refractivity contribution < 1.29 is 74.3 Å². The fourth-order valence-electron chi connectivity index (χ4n) is 0.678. The minimum absolute atomic E-state index is 0. The first-order chi connectivity index (χ1) is 6.86. The molecule has 0 aromatic carbocycles. The van der Waals surface area contributed by atoms with Gasteiger partial charge in [0.2, 0.25) is 0 Å². The van der Waals surface area contributed by atoms with Gasteiger partial charge in [-0.25, -0.2) is 12.1 Å². The summed E-state index contributed by atoms with van der Waals surface area (Å²) in [5.41, 5.74) is 0.792. The molecule has 2 radical (unpaired) electrons. The van der Waals surface area contributed by atoms with Crippen molar-refractivity contribution in [3.05, 3.63) is 61.5 Å². The topological polar surface area (TPSA) is 26.3 Å². The molecule has 0 saturated heterocycles. The van der Waals surface area contributed by atoms with Gasteiger partial charge < -0.3 is 34.1 Å². The third-order valence-corrected chi connectivity index (χ3v) is 1.31. The maximum atomic E-state index is 5.08. The van der Waals surface area contributed by atoms with Gasteiger partial charge in [-0.1, -0.05) is 6.26 Å². The molecule has 0 amide bonds. The van der Waals surface area contributed by atoms with Crippen molar-refractivity contribution in [2.45, 2.75) is 0 Å². The van der Waals surface area contributed by atoms with Crippen molar-refractivity contribution in [1.29, 1.82) is 0 Å². The number of hydrogen-bond donors (Lipinski definition) is 0. The summed E-state index contributed by atoms with van der Waals surface area (Å²) in [5.74, 6) is 0.583. The quantitative estimate of drug-likeness (QED) is 0.768. The molecule has 2 aromatic heterocycles. The van der Waals surface area contributed by atoms with Crippen LogP contribution in [0.15, 0.2) is 33.5 Å². The minimum atomic E-state index is 0. The molecule has 0 aliphatic rings. The van der Waals surface area contributed by atoms with E-state index in [0.29, 0.717) is 5.76 Å². The first-order valence-electron chi connectivity index (χ1n) is 3.87. The second-order valence-electron chi connectivity index (χ2n) is 2.24. The third kappa shape index (κ3) is 7.51. The van der Waals surface area contributed by atoms with Gasteiger partial charge in [0, 0.05) is 65.4 Å². The van der Waals surface area contributed by atoms with Crippen molar-refractivity contribution in [1.82, 2.24) is 0 Å². The van der Waals surface area contributed by atoms with Crippen LogP contribution < -0.4 is 0 Å². The van der Waals surface area contributed by atoms with Crippen LogP contribution in [0.2, 0.25) is 0 Å². The van der Waals surface area contributed by atoms with Gasteiger partial charge in [0.25, 0.3) is 0 Å². The van der Waals surface area contributed by atoms with Gasteiger partial charge in [0.1, 0.15) is 0 Å². The van der Waals surface area contributed by atoms with E-state index in [1.54, 1.807) is 12.1 Å². The van der Waals surface area contributed by atoms with Crippen molar-refractivity contribution in [3.8, 4) is 0 Å². The first kappa shape index (κ1) is 18.6. The van der Waals surface area contributed by atoms with Gasteiger partial charge in [-0.3, -0.25) is 5.56 Å². The Kier molecular flexibility index (Phi) is 13.6. The van der Waals surface area contributed by atoms with Crippen LogP contribution in [0.4, 0.5) is 0 Å². The van der Waals surface area contributed by atoms with Gasteiger partial charge in [0.15, 0.2) is 0 Å². The van der Waals surface area contributed by atoms with Gasteiger partial charge in [-0.15, -0.1) is 0 Å². The normalized spacial score (nSPS) is 7.50. The molecule has 0 bridgehead atoms. The van der Waals surface area contributed by atoms with Crippen LogP contribution >= 0.6 is 0 Å². The average Bonchev–Trinajstić information content (AvgIpc) is 2.92. The first-order valence-corrected chi connectivity index (χ1v) is 3.87. The molecule has 0 fully saturated rings. The Balaban J connectivity index is 0. The van der Waals surface area contributed by atoms with E-state index < -0.39 is 0 Å². The summed E-state index contributed by atoms with van der Waals surface area (Å²) in [6.07, 6.45) is 8.38. The summed E-state index contributed by atoms with van der Waals surface area (Å²) >= 11 is 0. The standard InChI is InChI=1S/2C6H4O.2Y/c1-2-6-3-4-7-5-6;1-2-6-4-3-5-7-6;;/h1-4H;1-3,5H;;/q2*-2;;. The minimum Gasteiger partial charge on any atom is -0.633 e. The summed E-state index contributed by atoms with van der Waals surface area (Å²) in [4.78, 5) is 0. The van der Waals surface area contributed by atoms with Crippen molar-refractivity contribution in [3.63, 3.8) is 0 Å². The van der Waals surface area contributed by atoms with Crippen LogP contribution in [0.3, 0.4) is 0 Å². The van der Waals surface area contributed by atoms with Crippen LogP contribution in [-0.4, -0.2) is 0 Å². The van der Waals surface area contributed by atoms with Crippen molar-refractivity contribution >= 4 is 12.2 Å². The molecule has 2 heterocycles. The van der Waals surface area contributed by atoms with E-state index >= 15 is 0 Å². The van der Waals surface area contributed by atoms with E-state index in [-0.39, 0.29) is 65.4 Å². The molecule has 0 N–H and O–H groups in total. The second-order valence-corrected chi connectivity index (χ2v) is 2.24. The smallest absolute Gasteiger partial charge is 0 e. The Morgan fingerprint density at radius 2 is 1.88 bits per heavy atom. The van der Waals surface area contributed by atoms with Crippen LogP contribution in [0, 0.1) is 25.5 Å². The maximum absolute atomic E-state index is 5.08. The molecule has 0 saturated carbocycles. The van der Waals surface area contributed by atoms with Gasteiger partial charge >= 0.3 is 0 Å². The summed E-state index contributed by atoms with van der Waals surface area (Å²) < 4.78 is 9.32. The Morgan fingerprint density at radius 3 is 2.12 bits per heavy atom. The Bertz CT molecular complexity index is 325.